The van der Waals surface area contributed by atoms with Gasteiger partial charge >= 0.3 is 5.97 Å². The highest BCUT2D eigenvalue weighted by Crippen LogP contribution is 2.52. The van der Waals surface area contributed by atoms with Gasteiger partial charge in [0.25, 0.3) is 0 Å². The molecule has 0 saturated heterocycles. The molecular formula is C15H17NO3. The number of hydrogen-bond donors (Lipinski definition) is 1. The van der Waals surface area contributed by atoms with Gasteiger partial charge in [-0.2, -0.15) is 0 Å². The molecule has 1 amide bonds. The monoisotopic (exact) mass is 259 g/mol. The quantitative estimate of drug-likeness (QED) is 0.904. The minimum Gasteiger partial charge on any atom is -0.481 e. The van der Waals surface area contributed by atoms with Gasteiger partial charge in [-0.1, -0.05) is 12.1 Å². The zero-order valence-electron chi connectivity index (χ0n) is 11.0. The highest BCUT2D eigenvalue weighted by atomic mass is 16.4. The van der Waals surface area contributed by atoms with Crippen molar-refractivity contribution in [2.75, 3.05) is 11.4 Å². The predicted octanol–water partition coefficient (Wildman–Crippen LogP) is 2.10. The van der Waals surface area contributed by atoms with Crippen molar-refractivity contribution in [1.82, 2.24) is 0 Å². The Kier molecular flexibility index (Phi) is 2.62. The molecule has 1 aromatic rings. The molecule has 1 aromatic carbocycles. The smallest absolute Gasteiger partial charge is 0.304 e. The van der Waals surface area contributed by atoms with E-state index in [0.29, 0.717) is 0 Å². The normalized spacial score (nSPS) is 19.1. The molecule has 1 fully saturated rings. The number of fused-ring (bicyclic) bond motifs is 1. The van der Waals surface area contributed by atoms with Crippen molar-refractivity contribution in [2.24, 2.45) is 0 Å². The Morgan fingerprint density at radius 3 is 2.68 bits per heavy atom. The van der Waals surface area contributed by atoms with Gasteiger partial charge in [-0.15, -0.1) is 0 Å². The molecular weight excluding hydrogens is 242 g/mol. The SMILES string of the molecule is CC(=O)N1CCc2ccc(C3(CC(=O)O)CC3)cc21. The zero-order valence-corrected chi connectivity index (χ0v) is 11.0. The number of nitrogens with zero attached hydrogens (tertiary/aromatic N) is 1. The van der Waals surface area contributed by atoms with E-state index in [9.17, 15) is 9.59 Å². The average Bonchev–Trinajstić information content (AvgIpc) is 2.99. The number of carbonyl (C=O) groups excluding carboxylic acids is 1. The maximum Gasteiger partial charge on any atom is 0.304 e. The first-order valence-electron chi connectivity index (χ1n) is 6.65. The van der Waals surface area contributed by atoms with Crippen LogP contribution in [0.5, 0.6) is 0 Å². The van der Waals surface area contributed by atoms with Gasteiger partial charge in [0.2, 0.25) is 5.91 Å². The number of anilines is 1. The summed E-state index contributed by atoms with van der Waals surface area (Å²) in [4.78, 5) is 24.4. The third-order valence-corrected chi connectivity index (χ3v) is 4.32. The Morgan fingerprint density at radius 1 is 1.37 bits per heavy atom. The van der Waals surface area contributed by atoms with Crippen molar-refractivity contribution in [3.05, 3.63) is 29.3 Å². The van der Waals surface area contributed by atoms with Gasteiger partial charge in [-0.05, 0) is 36.5 Å². The fourth-order valence-electron chi connectivity index (χ4n) is 3.04. The molecule has 0 aromatic heterocycles. The maximum atomic E-state index is 11.6. The number of carboxylic acid groups (broad SMARTS) is 1. The second kappa shape index (κ2) is 4.08. The van der Waals surface area contributed by atoms with Crippen molar-refractivity contribution in [3.63, 3.8) is 0 Å². The van der Waals surface area contributed by atoms with E-state index in [1.165, 1.54) is 5.56 Å². The van der Waals surface area contributed by atoms with Crippen LogP contribution < -0.4 is 4.90 Å². The standard InChI is InChI=1S/C15H17NO3/c1-10(17)16-7-4-11-2-3-12(8-13(11)16)15(5-6-15)9-14(18)19/h2-3,8H,4-7,9H2,1H3,(H,18,19). The van der Waals surface area contributed by atoms with Crippen LogP contribution in [-0.2, 0) is 21.4 Å². The first kappa shape index (κ1) is 12.2. The van der Waals surface area contributed by atoms with E-state index in [1.807, 2.05) is 12.1 Å². The molecule has 1 aliphatic heterocycles. The summed E-state index contributed by atoms with van der Waals surface area (Å²) in [5.41, 5.74) is 3.04. The number of carboxylic acids is 1. The van der Waals surface area contributed by atoms with Crippen molar-refractivity contribution in [2.45, 2.75) is 38.0 Å². The van der Waals surface area contributed by atoms with Crippen molar-refractivity contribution in [3.8, 4) is 0 Å². The lowest BCUT2D eigenvalue weighted by atomic mass is 9.91. The summed E-state index contributed by atoms with van der Waals surface area (Å²) in [5, 5.41) is 9.02. The number of rotatable bonds is 3. The minimum absolute atomic E-state index is 0.0546. The van der Waals surface area contributed by atoms with Crippen LogP contribution in [0.25, 0.3) is 0 Å². The van der Waals surface area contributed by atoms with Crippen LogP contribution in [0, 0.1) is 0 Å². The van der Waals surface area contributed by atoms with E-state index in [4.69, 9.17) is 5.11 Å². The second-order valence-electron chi connectivity index (χ2n) is 5.61. The van der Waals surface area contributed by atoms with Crippen LogP contribution in [-0.4, -0.2) is 23.5 Å². The van der Waals surface area contributed by atoms with E-state index in [0.717, 1.165) is 37.1 Å². The van der Waals surface area contributed by atoms with Gasteiger partial charge < -0.3 is 10.0 Å². The summed E-state index contributed by atoms with van der Waals surface area (Å²) in [7, 11) is 0. The van der Waals surface area contributed by atoms with Crippen molar-refractivity contribution < 1.29 is 14.7 Å². The van der Waals surface area contributed by atoms with Crippen LogP contribution in [0.1, 0.15) is 37.3 Å². The largest absolute Gasteiger partial charge is 0.481 e. The molecule has 0 atom stereocenters. The fourth-order valence-corrected chi connectivity index (χ4v) is 3.04. The maximum absolute atomic E-state index is 11.6. The number of carbonyl (C=O) groups is 2. The van der Waals surface area contributed by atoms with E-state index < -0.39 is 5.97 Å². The Bertz CT molecular complexity index is 561. The highest BCUT2D eigenvalue weighted by Gasteiger charge is 2.46. The van der Waals surface area contributed by atoms with Gasteiger partial charge in [-0.25, -0.2) is 0 Å². The van der Waals surface area contributed by atoms with E-state index in [1.54, 1.807) is 11.8 Å². The number of amides is 1. The fraction of sp³-hybridized carbons (Fsp3) is 0.467. The third-order valence-electron chi connectivity index (χ3n) is 4.32. The highest BCUT2D eigenvalue weighted by molar-refractivity contribution is 5.94. The van der Waals surface area contributed by atoms with E-state index >= 15 is 0 Å². The van der Waals surface area contributed by atoms with Gasteiger partial charge in [0, 0.05) is 24.6 Å². The Balaban J connectivity index is 1.96. The minimum atomic E-state index is -0.749. The van der Waals surface area contributed by atoms with Crippen LogP contribution >= 0.6 is 0 Å². The summed E-state index contributed by atoms with van der Waals surface area (Å²) in [5.74, 6) is -0.694. The van der Waals surface area contributed by atoms with Gasteiger partial charge in [0.15, 0.2) is 0 Å². The third kappa shape index (κ3) is 2.01. The molecule has 1 N–H and O–H groups in total. The summed E-state index contributed by atoms with van der Waals surface area (Å²) >= 11 is 0. The van der Waals surface area contributed by atoms with Crippen LogP contribution in [0.4, 0.5) is 5.69 Å². The summed E-state index contributed by atoms with van der Waals surface area (Å²) in [6.45, 7) is 2.31. The number of hydrogen-bond acceptors (Lipinski definition) is 2. The Hall–Kier alpha value is -1.84. The van der Waals surface area contributed by atoms with E-state index in [2.05, 4.69) is 6.07 Å². The molecule has 0 radical (unpaired) electrons. The number of benzene rings is 1. The molecule has 1 saturated carbocycles. The lowest BCUT2D eigenvalue weighted by Gasteiger charge is -2.18. The predicted molar refractivity (Wildman–Crippen MR) is 71.3 cm³/mol. The summed E-state index contributed by atoms with van der Waals surface area (Å²) < 4.78 is 0. The van der Waals surface area contributed by atoms with Crippen LogP contribution in [0.15, 0.2) is 18.2 Å². The molecule has 4 heteroatoms. The van der Waals surface area contributed by atoms with Crippen LogP contribution in [0.2, 0.25) is 0 Å². The molecule has 1 aliphatic carbocycles. The molecule has 0 unspecified atom stereocenters. The summed E-state index contributed by atoms with van der Waals surface area (Å²) in [6, 6.07) is 6.12. The second-order valence-corrected chi connectivity index (χ2v) is 5.61. The lowest BCUT2D eigenvalue weighted by molar-refractivity contribution is -0.137. The number of aliphatic carboxylic acids is 1. The molecule has 2 aliphatic rings. The van der Waals surface area contributed by atoms with Gasteiger partial charge in [0.1, 0.15) is 0 Å². The molecule has 4 nitrogen and oxygen atoms in total. The molecule has 3 rings (SSSR count). The molecule has 100 valence electrons. The van der Waals surface area contributed by atoms with Crippen molar-refractivity contribution >= 4 is 17.6 Å². The summed E-state index contributed by atoms with van der Waals surface area (Å²) in [6.07, 6.45) is 2.93. The average molecular weight is 259 g/mol. The Labute approximate surface area is 112 Å². The molecule has 1 heterocycles. The zero-order chi connectivity index (χ0) is 13.6. The van der Waals surface area contributed by atoms with E-state index in [-0.39, 0.29) is 17.7 Å². The first-order chi connectivity index (χ1) is 9.02. The first-order valence-corrected chi connectivity index (χ1v) is 6.65. The molecule has 0 spiro atoms. The van der Waals surface area contributed by atoms with Gasteiger partial charge in [-0.3, -0.25) is 9.59 Å². The van der Waals surface area contributed by atoms with Crippen LogP contribution in [0.3, 0.4) is 0 Å². The van der Waals surface area contributed by atoms with Gasteiger partial charge in [0.05, 0.1) is 6.42 Å². The topological polar surface area (TPSA) is 57.6 Å². The molecule has 0 bridgehead atoms. The molecule has 19 heavy (non-hydrogen) atoms. The Morgan fingerprint density at radius 2 is 2.11 bits per heavy atom. The van der Waals surface area contributed by atoms with Crippen molar-refractivity contribution in [1.29, 1.82) is 0 Å². The lowest BCUT2D eigenvalue weighted by Crippen LogP contribution is -2.26.